The van der Waals surface area contributed by atoms with Gasteiger partial charge in [-0.3, -0.25) is 4.57 Å². The van der Waals surface area contributed by atoms with Gasteiger partial charge in [-0.2, -0.15) is 0 Å². The van der Waals surface area contributed by atoms with Crippen LogP contribution >= 0.6 is 0 Å². The van der Waals surface area contributed by atoms with E-state index < -0.39 is 18.4 Å². The third-order valence-electron chi connectivity index (χ3n) is 4.97. The van der Waals surface area contributed by atoms with Crippen LogP contribution in [0.1, 0.15) is 31.2 Å². The van der Waals surface area contributed by atoms with Crippen LogP contribution in [0.25, 0.3) is 11.2 Å². The predicted octanol–water partition coefficient (Wildman–Crippen LogP) is 1.65. The molecule has 1 fully saturated rings. The van der Waals surface area contributed by atoms with E-state index in [9.17, 15) is 10.2 Å². The van der Waals surface area contributed by atoms with Crippen molar-refractivity contribution in [2.45, 2.75) is 37.8 Å². The Bertz CT molecular complexity index is 945. The van der Waals surface area contributed by atoms with Crippen molar-refractivity contribution >= 4 is 17.0 Å². The molecule has 1 aliphatic rings. The second kappa shape index (κ2) is 7.70. The van der Waals surface area contributed by atoms with E-state index >= 15 is 0 Å². The smallest absolute Gasteiger partial charge is 0.167 e. The molecule has 148 valence electrons. The minimum atomic E-state index is -0.737. The van der Waals surface area contributed by atoms with E-state index in [0.29, 0.717) is 23.4 Å². The number of hydrogen-bond donors (Lipinski definition) is 3. The number of aliphatic hydroxyl groups excluding tert-OH is 2. The van der Waals surface area contributed by atoms with E-state index in [1.165, 1.54) is 6.33 Å². The summed E-state index contributed by atoms with van der Waals surface area (Å²) in [7, 11) is 1.64. The van der Waals surface area contributed by atoms with Gasteiger partial charge in [0.1, 0.15) is 18.2 Å². The number of ether oxygens (including phenoxy) is 2. The van der Waals surface area contributed by atoms with E-state index in [1.54, 1.807) is 18.0 Å². The maximum atomic E-state index is 10.3. The molecule has 9 nitrogen and oxygen atoms in total. The van der Waals surface area contributed by atoms with E-state index in [0.717, 1.165) is 11.3 Å². The van der Waals surface area contributed by atoms with Crippen LogP contribution in [-0.2, 0) is 4.74 Å². The molecule has 0 spiro atoms. The maximum absolute atomic E-state index is 10.3. The molecule has 1 aromatic carbocycles. The molecule has 28 heavy (non-hydrogen) atoms. The highest BCUT2D eigenvalue weighted by Gasteiger charge is 2.36. The number of aromatic nitrogens is 4. The highest BCUT2D eigenvalue weighted by atomic mass is 16.5. The van der Waals surface area contributed by atoms with Crippen molar-refractivity contribution in [2.24, 2.45) is 0 Å². The van der Waals surface area contributed by atoms with Gasteiger partial charge in [-0.25, -0.2) is 15.0 Å². The lowest BCUT2D eigenvalue weighted by Gasteiger charge is -2.17. The van der Waals surface area contributed by atoms with Crippen LogP contribution in [0.3, 0.4) is 0 Å². The van der Waals surface area contributed by atoms with Crippen molar-refractivity contribution in [1.29, 1.82) is 0 Å². The number of aliphatic hydroxyl groups is 2. The third-order valence-corrected chi connectivity index (χ3v) is 4.97. The lowest BCUT2D eigenvalue weighted by molar-refractivity contribution is -0.0486. The molecule has 3 N–H and O–H groups in total. The van der Waals surface area contributed by atoms with Crippen molar-refractivity contribution in [2.75, 3.05) is 19.0 Å². The average Bonchev–Trinajstić information content (AvgIpc) is 3.31. The highest BCUT2D eigenvalue weighted by molar-refractivity contribution is 5.82. The van der Waals surface area contributed by atoms with Crippen molar-refractivity contribution in [3.8, 4) is 5.75 Å². The topological polar surface area (TPSA) is 115 Å². The fourth-order valence-electron chi connectivity index (χ4n) is 3.42. The standard InChI is InChI=1S/C19H23N5O4/c1-11(12-3-5-13(27-2)6-4-12)23-17-16-18(21-9-20-17)24(10-22-16)19-15(26)7-14(8-25)28-19/h3-6,9-11,14-15,19,25-26H,7-8H2,1-2H3,(H,20,21,23). The Labute approximate surface area is 162 Å². The Morgan fingerprint density at radius 2 is 2.07 bits per heavy atom. The number of rotatable bonds is 6. The van der Waals surface area contributed by atoms with Crippen LogP contribution in [0.2, 0.25) is 0 Å². The summed E-state index contributed by atoms with van der Waals surface area (Å²) in [4.78, 5) is 13.1. The number of fused-ring (bicyclic) bond motifs is 1. The second-order valence-corrected chi connectivity index (χ2v) is 6.82. The number of benzene rings is 1. The summed E-state index contributed by atoms with van der Waals surface area (Å²) < 4.78 is 12.6. The minimum Gasteiger partial charge on any atom is -0.497 e. The first-order chi connectivity index (χ1) is 13.6. The van der Waals surface area contributed by atoms with Gasteiger partial charge in [0.15, 0.2) is 23.2 Å². The summed E-state index contributed by atoms with van der Waals surface area (Å²) in [5, 5.41) is 22.9. The fourth-order valence-corrected chi connectivity index (χ4v) is 3.42. The van der Waals surface area contributed by atoms with Crippen LogP contribution in [0, 0.1) is 0 Å². The molecule has 1 saturated heterocycles. The van der Waals surface area contributed by atoms with E-state index in [4.69, 9.17) is 9.47 Å². The largest absolute Gasteiger partial charge is 0.497 e. The lowest BCUT2D eigenvalue weighted by Crippen LogP contribution is -2.19. The molecule has 0 bridgehead atoms. The Morgan fingerprint density at radius 1 is 1.29 bits per heavy atom. The van der Waals surface area contributed by atoms with Gasteiger partial charge < -0.3 is 25.0 Å². The first-order valence-electron chi connectivity index (χ1n) is 9.13. The quantitative estimate of drug-likeness (QED) is 0.587. The fraction of sp³-hybridized carbons (Fsp3) is 0.421. The Morgan fingerprint density at radius 3 is 2.75 bits per heavy atom. The summed E-state index contributed by atoms with van der Waals surface area (Å²) >= 11 is 0. The number of methoxy groups -OCH3 is 1. The zero-order valence-corrected chi connectivity index (χ0v) is 15.7. The zero-order valence-electron chi connectivity index (χ0n) is 15.7. The second-order valence-electron chi connectivity index (χ2n) is 6.82. The lowest BCUT2D eigenvalue weighted by atomic mass is 10.1. The zero-order chi connectivity index (χ0) is 19.7. The molecule has 1 aliphatic heterocycles. The molecule has 0 saturated carbocycles. The molecule has 9 heteroatoms. The van der Waals surface area contributed by atoms with Crippen LogP contribution in [0.5, 0.6) is 5.75 Å². The molecule has 0 radical (unpaired) electrons. The molecule has 0 amide bonds. The number of nitrogens with one attached hydrogen (secondary N) is 1. The van der Waals surface area contributed by atoms with E-state index in [2.05, 4.69) is 20.3 Å². The van der Waals surface area contributed by atoms with E-state index in [-0.39, 0.29) is 12.6 Å². The molecule has 4 rings (SSSR count). The van der Waals surface area contributed by atoms with Gasteiger partial charge in [-0.15, -0.1) is 0 Å². The van der Waals surface area contributed by atoms with Crippen molar-refractivity contribution in [3.63, 3.8) is 0 Å². The molecule has 4 unspecified atom stereocenters. The van der Waals surface area contributed by atoms with Gasteiger partial charge >= 0.3 is 0 Å². The highest BCUT2D eigenvalue weighted by Crippen LogP contribution is 2.32. The van der Waals surface area contributed by atoms with E-state index in [1.807, 2.05) is 31.2 Å². The summed E-state index contributed by atoms with van der Waals surface area (Å²) in [5.41, 5.74) is 2.22. The summed E-state index contributed by atoms with van der Waals surface area (Å²) in [6, 6.07) is 7.79. The van der Waals surface area contributed by atoms with Crippen molar-refractivity contribution in [1.82, 2.24) is 19.5 Å². The molecule has 3 heterocycles. The SMILES string of the molecule is COc1ccc(C(C)Nc2ncnc3c2ncn3C2OC(CO)CC2O)cc1. The molecule has 0 aliphatic carbocycles. The van der Waals surface area contributed by atoms with Gasteiger partial charge in [0.25, 0.3) is 0 Å². The molecule has 2 aromatic heterocycles. The van der Waals surface area contributed by atoms with Crippen LogP contribution in [-0.4, -0.2) is 55.7 Å². The first-order valence-corrected chi connectivity index (χ1v) is 9.13. The third kappa shape index (κ3) is 3.39. The average molecular weight is 385 g/mol. The minimum absolute atomic E-state index is 0.0127. The van der Waals surface area contributed by atoms with Gasteiger partial charge in [-0.05, 0) is 24.6 Å². The molecule has 3 aromatic rings. The number of imidazole rings is 1. The summed E-state index contributed by atoms with van der Waals surface area (Å²) in [6.07, 6.45) is 1.63. The monoisotopic (exact) mass is 385 g/mol. The molecule has 4 atom stereocenters. The first kappa shape index (κ1) is 18.6. The van der Waals surface area contributed by atoms with Crippen molar-refractivity contribution < 1.29 is 19.7 Å². The summed E-state index contributed by atoms with van der Waals surface area (Å²) in [5.74, 6) is 1.40. The predicted molar refractivity (Wildman–Crippen MR) is 102 cm³/mol. The van der Waals surface area contributed by atoms with Gasteiger partial charge in [0.05, 0.1) is 32.2 Å². The van der Waals surface area contributed by atoms with Crippen LogP contribution < -0.4 is 10.1 Å². The molecular formula is C19H23N5O4. The van der Waals surface area contributed by atoms with Gasteiger partial charge in [0.2, 0.25) is 0 Å². The number of nitrogens with zero attached hydrogens (tertiary/aromatic N) is 4. The van der Waals surface area contributed by atoms with Crippen molar-refractivity contribution in [3.05, 3.63) is 42.5 Å². The summed E-state index contributed by atoms with van der Waals surface area (Å²) in [6.45, 7) is 1.89. The van der Waals surface area contributed by atoms with Gasteiger partial charge in [0, 0.05) is 6.42 Å². The number of anilines is 1. The Kier molecular flexibility index (Phi) is 5.12. The molecular weight excluding hydrogens is 362 g/mol. The Hall–Kier alpha value is -2.75. The number of hydrogen-bond acceptors (Lipinski definition) is 8. The van der Waals surface area contributed by atoms with Crippen LogP contribution in [0.15, 0.2) is 36.9 Å². The maximum Gasteiger partial charge on any atom is 0.167 e. The normalized spacial score (nSPS) is 23.1. The van der Waals surface area contributed by atoms with Gasteiger partial charge in [-0.1, -0.05) is 12.1 Å². The van der Waals surface area contributed by atoms with Crippen LogP contribution in [0.4, 0.5) is 5.82 Å². The Balaban J connectivity index is 1.59.